The molecule has 144 valence electrons. The molecule has 1 aromatic carbocycles. The Hall–Kier alpha value is -1.83. The Morgan fingerprint density at radius 3 is 2.85 bits per heavy atom. The number of nitrogens with zero attached hydrogens (tertiary/aromatic N) is 1. The highest BCUT2D eigenvalue weighted by Gasteiger charge is 2.39. The van der Waals surface area contributed by atoms with Crippen LogP contribution in [0.25, 0.3) is 0 Å². The number of ether oxygens (including phenoxy) is 2. The largest absolute Gasteiger partial charge is 0.383 e. The standard InChI is InChI=1S/C19H30N4O3/c1-19(2)17(15-6-4-5-7-16(15)22-19)21-18(24)20-14(13-25-3)12-23-8-10-26-11-9-23/h4-7,14,17,22H,8-13H2,1-3H3,(H2,20,21,24). The molecule has 0 aliphatic carbocycles. The molecule has 2 unspecified atom stereocenters. The number of amides is 2. The van der Waals surface area contributed by atoms with Crippen LogP contribution in [0.15, 0.2) is 24.3 Å². The Bertz CT molecular complexity index is 617. The molecule has 1 fully saturated rings. The zero-order chi connectivity index (χ0) is 18.6. The highest BCUT2D eigenvalue weighted by molar-refractivity contribution is 5.76. The van der Waals surface area contributed by atoms with Gasteiger partial charge >= 0.3 is 6.03 Å². The molecule has 7 heteroatoms. The molecule has 2 aliphatic heterocycles. The normalized spacial score (nSPS) is 23.0. The number of anilines is 1. The highest BCUT2D eigenvalue weighted by Crippen LogP contribution is 2.40. The summed E-state index contributed by atoms with van der Waals surface area (Å²) in [4.78, 5) is 15.0. The average Bonchev–Trinajstić information content (AvgIpc) is 2.86. The van der Waals surface area contributed by atoms with Crippen molar-refractivity contribution in [3.63, 3.8) is 0 Å². The van der Waals surface area contributed by atoms with Gasteiger partial charge in [0.2, 0.25) is 0 Å². The van der Waals surface area contributed by atoms with Crippen LogP contribution in [0.3, 0.4) is 0 Å². The van der Waals surface area contributed by atoms with E-state index in [1.165, 1.54) is 0 Å². The molecule has 0 radical (unpaired) electrons. The maximum atomic E-state index is 12.7. The quantitative estimate of drug-likeness (QED) is 0.716. The minimum Gasteiger partial charge on any atom is -0.383 e. The number of fused-ring (bicyclic) bond motifs is 1. The van der Waals surface area contributed by atoms with Crippen LogP contribution < -0.4 is 16.0 Å². The topological polar surface area (TPSA) is 74.9 Å². The first-order valence-corrected chi connectivity index (χ1v) is 9.23. The third-order valence-corrected chi connectivity index (χ3v) is 5.01. The number of urea groups is 1. The van der Waals surface area contributed by atoms with Crippen molar-refractivity contribution < 1.29 is 14.3 Å². The van der Waals surface area contributed by atoms with E-state index in [0.717, 1.165) is 44.1 Å². The fourth-order valence-electron chi connectivity index (χ4n) is 3.72. The smallest absolute Gasteiger partial charge is 0.315 e. The van der Waals surface area contributed by atoms with Gasteiger partial charge in [0.05, 0.1) is 37.4 Å². The van der Waals surface area contributed by atoms with Crippen LogP contribution in [-0.4, -0.2) is 69.1 Å². The van der Waals surface area contributed by atoms with Gasteiger partial charge in [-0.15, -0.1) is 0 Å². The maximum absolute atomic E-state index is 12.7. The SMILES string of the molecule is COCC(CN1CCOCC1)NC(=O)NC1c2ccccc2NC1(C)C. The summed E-state index contributed by atoms with van der Waals surface area (Å²) in [5.74, 6) is 0. The second kappa shape index (κ2) is 8.24. The summed E-state index contributed by atoms with van der Waals surface area (Å²) >= 11 is 0. The number of para-hydroxylation sites is 1. The lowest BCUT2D eigenvalue weighted by Gasteiger charge is -2.32. The summed E-state index contributed by atoms with van der Waals surface area (Å²) in [6, 6.07) is 7.78. The molecule has 1 aromatic rings. The highest BCUT2D eigenvalue weighted by atomic mass is 16.5. The van der Waals surface area contributed by atoms with Crippen molar-refractivity contribution >= 4 is 11.7 Å². The summed E-state index contributed by atoms with van der Waals surface area (Å²) in [6.07, 6.45) is 0. The minimum absolute atomic E-state index is 0.0641. The van der Waals surface area contributed by atoms with Crippen molar-refractivity contribution in [1.82, 2.24) is 15.5 Å². The molecule has 1 saturated heterocycles. The van der Waals surface area contributed by atoms with Crippen LogP contribution in [-0.2, 0) is 9.47 Å². The first kappa shape index (κ1) is 18.9. The molecule has 2 heterocycles. The van der Waals surface area contributed by atoms with Crippen molar-refractivity contribution in [2.75, 3.05) is 51.9 Å². The van der Waals surface area contributed by atoms with Crippen LogP contribution in [0.1, 0.15) is 25.5 Å². The van der Waals surface area contributed by atoms with Gasteiger partial charge < -0.3 is 25.4 Å². The molecule has 0 aromatic heterocycles. The summed E-state index contributed by atoms with van der Waals surface area (Å²) in [5, 5.41) is 9.70. The summed E-state index contributed by atoms with van der Waals surface area (Å²) in [7, 11) is 1.66. The molecular formula is C19H30N4O3. The van der Waals surface area contributed by atoms with Gasteiger partial charge in [0.25, 0.3) is 0 Å². The Labute approximate surface area is 155 Å². The van der Waals surface area contributed by atoms with Gasteiger partial charge in [0.1, 0.15) is 0 Å². The van der Waals surface area contributed by atoms with Gasteiger partial charge in [-0.1, -0.05) is 18.2 Å². The number of nitrogens with one attached hydrogen (secondary N) is 3. The second-order valence-corrected chi connectivity index (χ2v) is 7.55. The molecule has 2 amide bonds. The van der Waals surface area contributed by atoms with E-state index in [0.29, 0.717) is 6.61 Å². The summed E-state index contributed by atoms with van der Waals surface area (Å²) in [5.41, 5.74) is 1.94. The Morgan fingerprint density at radius 2 is 2.12 bits per heavy atom. The number of hydrogen-bond donors (Lipinski definition) is 3. The van der Waals surface area contributed by atoms with Crippen LogP contribution >= 0.6 is 0 Å². The fraction of sp³-hybridized carbons (Fsp3) is 0.632. The fourth-order valence-corrected chi connectivity index (χ4v) is 3.72. The number of rotatable bonds is 6. The van der Waals surface area contributed by atoms with Gasteiger partial charge in [0.15, 0.2) is 0 Å². The molecule has 3 N–H and O–H groups in total. The van der Waals surface area contributed by atoms with Crippen molar-refractivity contribution in [2.45, 2.75) is 31.5 Å². The van der Waals surface area contributed by atoms with Crippen LogP contribution in [0.2, 0.25) is 0 Å². The van der Waals surface area contributed by atoms with E-state index in [-0.39, 0.29) is 23.7 Å². The number of benzene rings is 1. The van der Waals surface area contributed by atoms with E-state index < -0.39 is 0 Å². The molecule has 7 nitrogen and oxygen atoms in total. The van der Waals surface area contributed by atoms with Crippen LogP contribution in [0.4, 0.5) is 10.5 Å². The third-order valence-electron chi connectivity index (χ3n) is 5.01. The molecule has 26 heavy (non-hydrogen) atoms. The van der Waals surface area contributed by atoms with Gasteiger partial charge in [-0.2, -0.15) is 0 Å². The molecule has 0 bridgehead atoms. The van der Waals surface area contributed by atoms with E-state index in [1.54, 1.807) is 7.11 Å². The number of hydrogen-bond acceptors (Lipinski definition) is 5. The monoisotopic (exact) mass is 362 g/mol. The zero-order valence-corrected chi connectivity index (χ0v) is 15.9. The van der Waals surface area contributed by atoms with E-state index in [4.69, 9.17) is 9.47 Å². The molecule has 3 rings (SSSR count). The van der Waals surface area contributed by atoms with E-state index in [9.17, 15) is 4.79 Å². The molecule has 2 aliphatic rings. The number of carbonyl (C=O) groups excluding carboxylic acids is 1. The van der Waals surface area contributed by atoms with Gasteiger partial charge in [-0.05, 0) is 25.5 Å². The lowest BCUT2D eigenvalue weighted by atomic mass is 9.93. The maximum Gasteiger partial charge on any atom is 0.315 e. The number of carbonyl (C=O) groups is 1. The molecular weight excluding hydrogens is 332 g/mol. The average molecular weight is 362 g/mol. The lowest BCUT2D eigenvalue weighted by molar-refractivity contribution is 0.0285. The van der Waals surface area contributed by atoms with Crippen molar-refractivity contribution in [3.8, 4) is 0 Å². The predicted molar refractivity (Wildman–Crippen MR) is 101 cm³/mol. The lowest BCUT2D eigenvalue weighted by Crippen LogP contribution is -2.53. The third kappa shape index (κ3) is 4.47. The predicted octanol–water partition coefficient (Wildman–Crippen LogP) is 1.58. The van der Waals surface area contributed by atoms with Gasteiger partial charge in [0, 0.05) is 32.4 Å². The minimum atomic E-state index is -0.248. The summed E-state index contributed by atoms with van der Waals surface area (Å²) < 4.78 is 10.7. The number of methoxy groups -OCH3 is 1. The Morgan fingerprint density at radius 1 is 1.38 bits per heavy atom. The molecule has 2 atom stereocenters. The van der Waals surface area contributed by atoms with Crippen molar-refractivity contribution in [3.05, 3.63) is 29.8 Å². The first-order valence-electron chi connectivity index (χ1n) is 9.23. The van der Waals surface area contributed by atoms with Gasteiger partial charge in [-0.3, -0.25) is 4.90 Å². The van der Waals surface area contributed by atoms with Crippen LogP contribution in [0, 0.1) is 0 Å². The zero-order valence-electron chi connectivity index (χ0n) is 15.9. The van der Waals surface area contributed by atoms with Crippen LogP contribution in [0.5, 0.6) is 0 Å². The molecule has 0 saturated carbocycles. The van der Waals surface area contributed by atoms with E-state index in [2.05, 4.69) is 40.8 Å². The first-order chi connectivity index (χ1) is 12.5. The number of morpholine rings is 1. The van der Waals surface area contributed by atoms with Crippen molar-refractivity contribution in [1.29, 1.82) is 0 Å². The van der Waals surface area contributed by atoms with Gasteiger partial charge in [-0.25, -0.2) is 4.79 Å². The molecule has 0 spiro atoms. The Kier molecular flexibility index (Phi) is 6.01. The van der Waals surface area contributed by atoms with E-state index >= 15 is 0 Å². The summed E-state index contributed by atoms with van der Waals surface area (Å²) in [6.45, 7) is 8.68. The van der Waals surface area contributed by atoms with E-state index in [1.807, 2.05) is 18.2 Å². The second-order valence-electron chi connectivity index (χ2n) is 7.55. The van der Waals surface area contributed by atoms with Crippen molar-refractivity contribution in [2.24, 2.45) is 0 Å². The Balaban J connectivity index is 1.60.